The van der Waals surface area contributed by atoms with Crippen LogP contribution < -0.4 is 10.6 Å². The highest BCUT2D eigenvalue weighted by atomic mass is 32.2. The van der Waals surface area contributed by atoms with Crippen molar-refractivity contribution >= 4 is 44.9 Å². The number of nitrogens with zero attached hydrogens (tertiary/aromatic N) is 1. The summed E-state index contributed by atoms with van der Waals surface area (Å²) in [7, 11) is -3.65. The van der Waals surface area contributed by atoms with Crippen LogP contribution in [0.1, 0.15) is 13.3 Å². The van der Waals surface area contributed by atoms with E-state index in [0.29, 0.717) is 11.5 Å². The molecule has 1 aliphatic rings. The summed E-state index contributed by atoms with van der Waals surface area (Å²) in [5, 5.41) is 5.04. The molecule has 2 heterocycles. The highest BCUT2D eigenvalue weighted by molar-refractivity contribution is 8.01. The number of carbonyl (C=O) groups excluding carboxylic acids is 2. The number of hydrogen-bond acceptors (Lipinski definition) is 6. The number of carbonyl (C=O) groups is 2. The second-order valence-corrected chi connectivity index (χ2v) is 9.23. The van der Waals surface area contributed by atoms with Crippen molar-refractivity contribution in [3.05, 3.63) is 42.6 Å². The fourth-order valence-electron chi connectivity index (χ4n) is 2.37. The van der Waals surface area contributed by atoms with Gasteiger partial charge in [-0.15, -0.1) is 11.8 Å². The van der Waals surface area contributed by atoms with Gasteiger partial charge in [0.15, 0.2) is 9.84 Å². The van der Waals surface area contributed by atoms with Crippen molar-refractivity contribution in [1.29, 1.82) is 0 Å². The SMILES string of the molecule is C[C@H]1Sc2ccc(S(=O)(=O)CCC(=O)Nc3ccccn3)cc2NC1=O. The van der Waals surface area contributed by atoms with Crippen molar-refractivity contribution in [2.24, 2.45) is 0 Å². The van der Waals surface area contributed by atoms with Crippen LogP contribution in [-0.2, 0) is 19.4 Å². The number of fused-ring (bicyclic) bond motifs is 1. The zero-order valence-corrected chi connectivity index (χ0v) is 15.6. The van der Waals surface area contributed by atoms with Crippen LogP contribution in [0.15, 0.2) is 52.4 Å². The maximum absolute atomic E-state index is 12.5. The third-order valence-corrected chi connectivity index (χ3v) is 6.66. The highest BCUT2D eigenvalue weighted by Crippen LogP contribution is 2.36. The van der Waals surface area contributed by atoms with Crippen LogP contribution in [0.4, 0.5) is 11.5 Å². The number of rotatable bonds is 5. The lowest BCUT2D eigenvalue weighted by molar-refractivity contribution is -0.116. The summed E-state index contributed by atoms with van der Waals surface area (Å²) >= 11 is 1.38. The van der Waals surface area contributed by atoms with Crippen LogP contribution in [0.25, 0.3) is 0 Å². The fourth-order valence-corrected chi connectivity index (χ4v) is 4.56. The molecule has 0 saturated carbocycles. The number of sulfone groups is 1. The van der Waals surface area contributed by atoms with Gasteiger partial charge in [-0.2, -0.15) is 0 Å². The Bertz CT molecular complexity index is 946. The number of hydrogen-bond donors (Lipinski definition) is 2. The van der Waals surface area contributed by atoms with Gasteiger partial charge in [0.05, 0.1) is 21.6 Å². The molecule has 1 aromatic heterocycles. The zero-order chi connectivity index (χ0) is 18.7. The Hall–Kier alpha value is -2.39. The first-order chi connectivity index (χ1) is 12.3. The summed E-state index contributed by atoms with van der Waals surface area (Å²) in [6.07, 6.45) is 1.35. The number of amides is 2. The summed E-state index contributed by atoms with van der Waals surface area (Å²) in [5.74, 6) is -0.547. The molecule has 0 aliphatic carbocycles. The molecule has 136 valence electrons. The average Bonchev–Trinajstić information content (AvgIpc) is 2.61. The Morgan fingerprint density at radius 3 is 2.85 bits per heavy atom. The molecule has 0 radical (unpaired) electrons. The molecule has 0 spiro atoms. The number of nitrogens with one attached hydrogen (secondary N) is 2. The van der Waals surface area contributed by atoms with E-state index in [4.69, 9.17) is 0 Å². The van der Waals surface area contributed by atoms with Crippen molar-refractivity contribution in [2.75, 3.05) is 16.4 Å². The maximum atomic E-state index is 12.5. The van der Waals surface area contributed by atoms with Gasteiger partial charge in [0.1, 0.15) is 5.82 Å². The van der Waals surface area contributed by atoms with Gasteiger partial charge in [-0.05, 0) is 37.3 Å². The van der Waals surface area contributed by atoms with Crippen molar-refractivity contribution in [3.63, 3.8) is 0 Å². The van der Waals surface area contributed by atoms with Crippen LogP contribution in [-0.4, -0.2) is 36.2 Å². The Labute approximate surface area is 155 Å². The van der Waals surface area contributed by atoms with Gasteiger partial charge in [0.25, 0.3) is 0 Å². The Balaban J connectivity index is 1.68. The molecule has 2 N–H and O–H groups in total. The molecular weight excluding hydrogens is 374 g/mol. The molecule has 7 nitrogen and oxygen atoms in total. The average molecular weight is 391 g/mol. The molecular formula is C17H17N3O4S2. The summed E-state index contributed by atoms with van der Waals surface area (Å²) in [6.45, 7) is 1.79. The standard InChI is InChI=1S/C17H17N3O4S2/c1-11-17(22)19-13-10-12(5-6-14(13)25-11)26(23,24)9-7-16(21)20-15-4-2-3-8-18-15/h2-6,8,10-11H,7,9H2,1H3,(H,19,22)(H,18,20,21)/t11-/m1/s1. The second-order valence-electron chi connectivity index (χ2n) is 5.74. The zero-order valence-electron chi connectivity index (χ0n) is 13.9. The van der Waals surface area contributed by atoms with Gasteiger partial charge in [0.2, 0.25) is 11.8 Å². The van der Waals surface area contributed by atoms with Gasteiger partial charge in [-0.3, -0.25) is 9.59 Å². The largest absolute Gasteiger partial charge is 0.324 e. The number of benzene rings is 1. The number of aromatic nitrogens is 1. The topological polar surface area (TPSA) is 105 Å². The van der Waals surface area contributed by atoms with Crippen molar-refractivity contribution in [1.82, 2.24) is 4.98 Å². The van der Waals surface area contributed by atoms with Gasteiger partial charge < -0.3 is 10.6 Å². The van der Waals surface area contributed by atoms with Crippen LogP contribution in [0.3, 0.4) is 0 Å². The van der Waals surface area contributed by atoms with Crippen molar-refractivity contribution < 1.29 is 18.0 Å². The van der Waals surface area contributed by atoms with E-state index < -0.39 is 15.7 Å². The summed E-state index contributed by atoms with van der Waals surface area (Å²) in [5.41, 5.74) is 0.483. The van der Waals surface area contributed by atoms with Crippen LogP contribution >= 0.6 is 11.8 Å². The molecule has 2 aromatic rings. The minimum Gasteiger partial charge on any atom is -0.324 e. The fraction of sp³-hybridized carbons (Fsp3) is 0.235. The first-order valence-electron chi connectivity index (χ1n) is 7.90. The first-order valence-corrected chi connectivity index (χ1v) is 10.4. The van der Waals surface area contributed by atoms with E-state index in [-0.39, 0.29) is 28.2 Å². The van der Waals surface area contributed by atoms with Crippen LogP contribution in [0, 0.1) is 0 Å². The third-order valence-electron chi connectivity index (χ3n) is 3.77. The van der Waals surface area contributed by atoms with E-state index in [2.05, 4.69) is 15.6 Å². The molecule has 0 fully saturated rings. The van der Waals surface area contributed by atoms with E-state index in [9.17, 15) is 18.0 Å². The normalized spacial score (nSPS) is 16.5. The van der Waals surface area contributed by atoms with Crippen LogP contribution in [0.5, 0.6) is 0 Å². The van der Waals surface area contributed by atoms with Gasteiger partial charge in [-0.25, -0.2) is 13.4 Å². The number of anilines is 2. The lowest BCUT2D eigenvalue weighted by Gasteiger charge is -2.21. The van der Waals surface area contributed by atoms with Crippen LogP contribution in [0.2, 0.25) is 0 Å². The predicted molar refractivity (Wildman–Crippen MR) is 99.9 cm³/mol. The lowest BCUT2D eigenvalue weighted by Crippen LogP contribution is -2.26. The van der Waals surface area contributed by atoms with Gasteiger partial charge >= 0.3 is 0 Å². The Kier molecular flexibility index (Phi) is 5.28. The maximum Gasteiger partial charge on any atom is 0.237 e. The van der Waals surface area contributed by atoms with Gasteiger partial charge in [-0.1, -0.05) is 6.07 Å². The predicted octanol–water partition coefficient (Wildman–Crippen LogP) is 2.32. The quantitative estimate of drug-likeness (QED) is 0.810. The molecule has 1 atom stereocenters. The van der Waals surface area contributed by atoms with E-state index in [0.717, 1.165) is 4.90 Å². The lowest BCUT2D eigenvalue weighted by atomic mass is 10.3. The smallest absolute Gasteiger partial charge is 0.237 e. The highest BCUT2D eigenvalue weighted by Gasteiger charge is 2.25. The molecule has 1 aliphatic heterocycles. The molecule has 1 aromatic carbocycles. The van der Waals surface area contributed by atoms with Crippen molar-refractivity contribution in [2.45, 2.75) is 28.4 Å². The summed E-state index contributed by atoms with van der Waals surface area (Å²) in [6, 6.07) is 9.68. The molecule has 26 heavy (non-hydrogen) atoms. The van der Waals surface area contributed by atoms with E-state index >= 15 is 0 Å². The summed E-state index contributed by atoms with van der Waals surface area (Å²) in [4.78, 5) is 28.6. The number of thioether (sulfide) groups is 1. The van der Waals surface area contributed by atoms with E-state index in [1.54, 1.807) is 31.2 Å². The molecule has 9 heteroatoms. The third kappa shape index (κ3) is 4.23. The van der Waals surface area contributed by atoms with Gasteiger partial charge in [0, 0.05) is 17.5 Å². The molecule has 3 rings (SSSR count). The second kappa shape index (κ2) is 7.46. The van der Waals surface area contributed by atoms with E-state index in [1.807, 2.05) is 0 Å². The molecule has 2 amide bonds. The molecule has 0 unspecified atom stereocenters. The van der Waals surface area contributed by atoms with E-state index in [1.165, 1.54) is 30.1 Å². The number of pyridine rings is 1. The molecule has 0 bridgehead atoms. The van der Waals surface area contributed by atoms with Crippen molar-refractivity contribution in [3.8, 4) is 0 Å². The minimum atomic E-state index is -3.65. The Morgan fingerprint density at radius 2 is 2.12 bits per heavy atom. The minimum absolute atomic E-state index is 0.0809. The monoisotopic (exact) mass is 391 g/mol. The summed E-state index contributed by atoms with van der Waals surface area (Å²) < 4.78 is 25.0. The Morgan fingerprint density at radius 1 is 1.31 bits per heavy atom. The first kappa shape index (κ1) is 18.4. The molecule has 0 saturated heterocycles.